The highest BCUT2D eigenvalue weighted by Gasteiger charge is 2.17. The van der Waals surface area contributed by atoms with Crippen LogP contribution in [-0.2, 0) is 0 Å². The molecule has 2 rings (SSSR count). The summed E-state index contributed by atoms with van der Waals surface area (Å²) in [5, 5.41) is 19.5. The Morgan fingerprint density at radius 1 is 1.35 bits per heavy atom. The van der Waals surface area contributed by atoms with E-state index in [1.165, 1.54) is 24.5 Å². The predicted octanol–water partition coefficient (Wildman–Crippen LogP) is 2.53. The molecule has 0 radical (unpaired) electrons. The third-order valence-corrected chi connectivity index (χ3v) is 2.50. The smallest absolute Gasteiger partial charge is 0.360 e. The van der Waals surface area contributed by atoms with E-state index in [9.17, 15) is 14.9 Å². The lowest BCUT2D eigenvalue weighted by Crippen LogP contribution is -2.04. The summed E-state index contributed by atoms with van der Waals surface area (Å²) in [5.74, 6) is -1.53. The van der Waals surface area contributed by atoms with Gasteiger partial charge < -0.3 is 9.84 Å². The lowest BCUT2D eigenvalue weighted by molar-refractivity contribution is -0.384. The molecular weight excluding hydrogens is 290 g/mol. The number of aromatic nitrogens is 2. The van der Waals surface area contributed by atoms with Crippen molar-refractivity contribution in [3.63, 3.8) is 0 Å². The van der Waals surface area contributed by atoms with Crippen LogP contribution in [0.1, 0.15) is 10.5 Å². The molecule has 0 atom stereocenters. The number of hydrogen-bond acceptors (Lipinski definition) is 6. The van der Waals surface area contributed by atoms with Crippen LogP contribution in [-0.4, -0.2) is 26.0 Å². The number of nitro groups is 1. The van der Waals surface area contributed by atoms with Gasteiger partial charge in [0.1, 0.15) is 5.75 Å². The Kier molecular flexibility index (Phi) is 3.76. The van der Waals surface area contributed by atoms with Gasteiger partial charge in [0.25, 0.3) is 11.6 Å². The molecule has 0 saturated carbocycles. The minimum Gasteiger partial charge on any atom is -0.476 e. The minimum absolute atomic E-state index is 0.0406. The number of aromatic carboxylic acids is 1. The number of nitrogens with zero attached hydrogens (tertiary/aromatic N) is 3. The third-order valence-electron chi connectivity index (χ3n) is 2.20. The number of nitro benzene ring substituents is 1. The van der Waals surface area contributed by atoms with Gasteiger partial charge in [-0.15, -0.1) is 0 Å². The Labute approximate surface area is 116 Å². The second-order valence-corrected chi connectivity index (χ2v) is 3.90. The molecule has 0 unspecified atom stereocenters. The maximum Gasteiger partial charge on any atom is 0.360 e. The van der Waals surface area contributed by atoms with Gasteiger partial charge in [-0.25, -0.2) is 14.8 Å². The van der Waals surface area contributed by atoms with Crippen LogP contribution in [0.3, 0.4) is 0 Å². The molecule has 8 nitrogen and oxygen atoms in total. The highest BCUT2D eigenvalue weighted by atomic mass is 35.5. The average Bonchev–Trinajstić information content (AvgIpc) is 2.41. The Morgan fingerprint density at radius 3 is 2.65 bits per heavy atom. The second-order valence-electron chi connectivity index (χ2n) is 3.49. The highest BCUT2D eigenvalue weighted by Crippen LogP contribution is 2.32. The quantitative estimate of drug-likeness (QED) is 0.680. The summed E-state index contributed by atoms with van der Waals surface area (Å²) >= 11 is 5.83. The molecular formula is C11H6ClN3O5. The zero-order valence-corrected chi connectivity index (χ0v) is 10.4. The number of hydrogen-bond donors (Lipinski definition) is 1. The summed E-state index contributed by atoms with van der Waals surface area (Å²) in [6.45, 7) is 0. The lowest BCUT2D eigenvalue weighted by Gasteiger charge is -2.07. The van der Waals surface area contributed by atoms with E-state index in [-0.39, 0.29) is 28.0 Å². The van der Waals surface area contributed by atoms with Gasteiger partial charge in [-0.3, -0.25) is 10.1 Å². The molecule has 1 aromatic carbocycles. The van der Waals surface area contributed by atoms with Crippen molar-refractivity contribution >= 4 is 23.3 Å². The monoisotopic (exact) mass is 295 g/mol. The van der Waals surface area contributed by atoms with Gasteiger partial charge in [0, 0.05) is 24.5 Å². The summed E-state index contributed by atoms with van der Waals surface area (Å²) in [6, 6.07) is 3.52. The third kappa shape index (κ3) is 2.81. The fourth-order valence-corrected chi connectivity index (χ4v) is 1.55. The first kappa shape index (κ1) is 13.7. The van der Waals surface area contributed by atoms with Crippen molar-refractivity contribution in [1.82, 2.24) is 9.97 Å². The van der Waals surface area contributed by atoms with Crippen LogP contribution in [0.4, 0.5) is 5.69 Å². The van der Waals surface area contributed by atoms with Crippen molar-refractivity contribution < 1.29 is 19.6 Å². The molecule has 1 aromatic heterocycles. The van der Waals surface area contributed by atoms with Gasteiger partial charge in [0.2, 0.25) is 5.69 Å². The van der Waals surface area contributed by atoms with Crippen molar-refractivity contribution in [2.75, 3.05) is 0 Å². The molecule has 0 bridgehead atoms. The maximum absolute atomic E-state index is 10.9. The summed E-state index contributed by atoms with van der Waals surface area (Å²) in [6.07, 6.45) is 2.45. The molecule has 2 aromatic rings. The minimum atomic E-state index is -1.31. The van der Waals surface area contributed by atoms with Gasteiger partial charge in [-0.2, -0.15) is 0 Å². The van der Waals surface area contributed by atoms with Gasteiger partial charge in [0.05, 0.1) is 9.95 Å². The maximum atomic E-state index is 10.9. The lowest BCUT2D eigenvalue weighted by atomic mass is 10.3. The molecule has 0 spiro atoms. The van der Waals surface area contributed by atoms with E-state index in [1.54, 1.807) is 0 Å². The SMILES string of the molecule is O=C(O)c1nccnc1Oc1ccc([N+](=O)[O-])cc1Cl. The summed E-state index contributed by atoms with van der Waals surface area (Å²) < 4.78 is 5.23. The van der Waals surface area contributed by atoms with E-state index in [1.807, 2.05) is 0 Å². The summed E-state index contributed by atoms with van der Waals surface area (Å²) in [7, 11) is 0. The topological polar surface area (TPSA) is 115 Å². The summed E-state index contributed by atoms with van der Waals surface area (Å²) in [4.78, 5) is 28.2. The zero-order chi connectivity index (χ0) is 14.7. The Balaban J connectivity index is 2.36. The highest BCUT2D eigenvalue weighted by molar-refractivity contribution is 6.32. The molecule has 0 amide bonds. The van der Waals surface area contributed by atoms with Crippen LogP contribution >= 0.6 is 11.6 Å². The van der Waals surface area contributed by atoms with Gasteiger partial charge in [-0.05, 0) is 6.07 Å². The fourth-order valence-electron chi connectivity index (χ4n) is 1.34. The van der Waals surface area contributed by atoms with E-state index in [2.05, 4.69) is 9.97 Å². The van der Waals surface area contributed by atoms with E-state index < -0.39 is 10.9 Å². The second kappa shape index (κ2) is 5.49. The van der Waals surface area contributed by atoms with Crippen molar-refractivity contribution in [3.8, 4) is 11.6 Å². The van der Waals surface area contributed by atoms with Gasteiger partial charge in [0.15, 0.2) is 0 Å². The van der Waals surface area contributed by atoms with Crippen molar-refractivity contribution in [3.05, 3.63) is 51.4 Å². The Bertz CT molecular complexity index is 692. The van der Waals surface area contributed by atoms with E-state index in [0.29, 0.717) is 0 Å². The number of carboxylic acids is 1. The predicted molar refractivity (Wildman–Crippen MR) is 67.2 cm³/mol. The molecule has 0 saturated heterocycles. The molecule has 102 valence electrons. The van der Waals surface area contributed by atoms with Crippen LogP contribution in [0.2, 0.25) is 5.02 Å². The van der Waals surface area contributed by atoms with Crippen LogP contribution in [0.5, 0.6) is 11.6 Å². The number of non-ortho nitro benzene ring substituents is 1. The van der Waals surface area contributed by atoms with Gasteiger partial charge >= 0.3 is 5.97 Å². The van der Waals surface area contributed by atoms with E-state index in [4.69, 9.17) is 21.4 Å². The Morgan fingerprint density at radius 2 is 2.05 bits per heavy atom. The molecule has 0 aliphatic carbocycles. The molecule has 9 heteroatoms. The van der Waals surface area contributed by atoms with E-state index >= 15 is 0 Å². The Hall–Kier alpha value is -2.74. The van der Waals surface area contributed by atoms with E-state index in [0.717, 1.165) is 6.07 Å². The number of halogens is 1. The fraction of sp³-hybridized carbons (Fsp3) is 0. The zero-order valence-electron chi connectivity index (χ0n) is 9.69. The van der Waals surface area contributed by atoms with Crippen LogP contribution in [0, 0.1) is 10.1 Å². The number of carbonyl (C=O) groups is 1. The standard InChI is InChI=1S/C11H6ClN3O5/c12-7-5-6(15(18)19)1-2-8(7)20-10-9(11(16)17)13-3-4-14-10/h1-5H,(H,16,17). The number of benzene rings is 1. The molecule has 1 N–H and O–H groups in total. The first-order valence-corrected chi connectivity index (χ1v) is 5.53. The van der Waals surface area contributed by atoms with Crippen molar-refractivity contribution in [2.24, 2.45) is 0 Å². The average molecular weight is 296 g/mol. The molecule has 0 aliphatic rings. The first-order chi connectivity index (χ1) is 9.49. The molecule has 1 heterocycles. The van der Waals surface area contributed by atoms with Crippen molar-refractivity contribution in [1.29, 1.82) is 0 Å². The summed E-state index contributed by atoms with van der Waals surface area (Å²) in [5.41, 5.74) is -0.595. The van der Waals surface area contributed by atoms with Crippen LogP contribution in [0.15, 0.2) is 30.6 Å². The van der Waals surface area contributed by atoms with Gasteiger partial charge in [-0.1, -0.05) is 11.6 Å². The molecule has 0 aliphatic heterocycles. The molecule has 20 heavy (non-hydrogen) atoms. The normalized spacial score (nSPS) is 10.1. The van der Waals surface area contributed by atoms with Crippen LogP contribution in [0.25, 0.3) is 0 Å². The first-order valence-electron chi connectivity index (χ1n) is 5.15. The van der Waals surface area contributed by atoms with Crippen LogP contribution < -0.4 is 4.74 Å². The number of carboxylic acid groups (broad SMARTS) is 1. The largest absolute Gasteiger partial charge is 0.476 e. The number of ether oxygens (including phenoxy) is 1. The van der Waals surface area contributed by atoms with Crippen molar-refractivity contribution in [2.45, 2.75) is 0 Å². The molecule has 0 fully saturated rings. The number of rotatable bonds is 4.